The van der Waals surface area contributed by atoms with Crippen molar-refractivity contribution < 1.29 is 13.2 Å². The van der Waals surface area contributed by atoms with Crippen LogP contribution in [-0.4, -0.2) is 17.5 Å². The summed E-state index contributed by atoms with van der Waals surface area (Å²) in [6.07, 6.45) is 3.36. The predicted octanol–water partition coefficient (Wildman–Crippen LogP) is 7.21. The summed E-state index contributed by atoms with van der Waals surface area (Å²) in [4.78, 5) is 12.8. The maximum Gasteiger partial charge on any atom is 0.141 e. The van der Waals surface area contributed by atoms with Crippen LogP contribution in [-0.2, 0) is 6.54 Å². The van der Waals surface area contributed by atoms with Crippen LogP contribution in [0.25, 0.3) is 11.1 Å². The molecule has 0 saturated heterocycles. The maximum absolute atomic E-state index is 14.3. The molecule has 0 radical (unpaired) electrons. The molecule has 0 unspecified atom stereocenters. The molecule has 4 rings (SSSR count). The summed E-state index contributed by atoms with van der Waals surface area (Å²) in [7, 11) is 0. The number of nitrogens with zero attached hydrogens (tertiary/aromatic N) is 3. The van der Waals surface area contributed by atoms with E-state index in [1.54, 1.807) is 36.7 Å². The molecule has 8 heteroatoms. The number of anilines is 1. The van der Waals surface area contributed by atoms with Gasteiger partial charge in [-0.1, -0.05) is 23.7 Å². The highest BCUT2D eigenvalue weighted by atomic mass is 35.5. The normalized spacial score (nSPS) is 11.4. The molecule has 0 aliphatic carbocycles. The average Bonchev–Trinajstić information content (AvgIpc) is 2.85. The summed E-state index contributed by atoms with van der Waals surface area (Å²) in [6, 6.07) is 16.1. The van der Waals surface area contributed by atoms with Crippen LogP contribution >= 0.6 is 11.6 Å². The Morgan fingerprint density at radius 2 is 1.79 bits per heavy atom. The average molecular weight is 479 g/mol. The van der Waals surface area contributed by atoms with Crippen LogP contribution in [0.1, 0.15) is 11.1 Å². The molecule has 0 amide bonds. The Balaban J connectivity index is 1.77. The Labute approximate surface area is 199 Å². The van der Waals surface area contributed by atoms with Gasteiger partial charge in [0.15, 0.2) is 0 Å². The number of nitrogens with one attached hydrogen (secondary N) is 1. The second kappa shape index (κ2) is 10.3. The molecule has 3 aromatic carbocycles. The molecule has 1 heterocycles. The number of amidine groups is 1. The van der Waals surface area contributed by atoms with Crippen molar-refractivity contribution in [1.82, 2.24) is 4.98 Å². The lowest BCUT2D eigenvalue weighted by atomic mass is 10.0. The van der Waals surface area contributed by atoms with Crippen molar-refractivity contribution in [3.63, 3.8) is 0 Å². The molecule has 0 fully saturated rings. The zero-order valence-corrected chi connectivity index (χ0v) is 18.5. The molecule has 4 nitrogen and oxygen atoms in total. The molecular weight excluding hydrogens is 461 g/mol. The molecule has 1 N–H and O–H groups in total. The van der Waals surface area contributed by atoms with Gasteiger partial charge in [-0.05, 0) is 72.4 Å². The third-order valence-corrected chi connectivity index (χ3v) is 5.28. The summed E-state index contributed by atoms with van der Waals surface area (Å²) in [6.45, 7) is 3.91. The standard InChI is InChI=1S/C26H18ClF3N4/c1-31-25-11-17(21-12-18(28)5-8-23(21)29)4-7-20(25)26(33-15-16-3-2-10-32-14-16)34-19-6-9-24(30)22(27)13-19/h2-14H,1,15H2,(H,33,34). The quantitative estimate of drug-likeness (QED) is 0.235. The SMILES string of the molecule is C=Nc1cc(-c2cc(F)ccc2F)ccc1C(=NCc1cccnc1)Nc1ccc(F)c(Cl)c1. The van der Waals surface area contributed by atoms with Gasteiger partial charge < -0.3 is 5.32 Å². The molecule has 0 spiro atoms. The van der Waals surface area contributed by atoms with E-state index in [4.69, 9.17) is 11.6 Å². The van der Waals surface area contributed by atoms with Crippen LogP contribution in [0, 0.1) is 17.5 Å². The summed E-state index contributed by atoms with van der Waals surface area (Å²) in [5, 5.41) is 3.10. The van der Waals surface area contributed by atoms with E-state index in [0.717, 1.165) is 23.8 Å². The van der Waals surface area contributed by atoms with E-state index in [2.05, 4.69) is 27.0 Å². The fourth-order valence-corrected chi connectivity index (χ4v) is 3.49. The second-order valence-electron chi connectivity index (χ2n) is 7.29. The number of rotatable bonds is 6. The summed E-state index contributed by atoms with van der Waals surface area (Å²) >= 11 is 5.93. The van der Waals surface area contributed by atoms with Gasteiger partial charge in [0.25, 0.3) is 0 Å². The Hall–Kier alpha value is -3.97. The zero-order chi connectivity index (χ0) is 24.1. The molecular formula is C26H18ClF3N4. The first-order valence-corrected chi connectivity index (χ1v) is 10.5. The molecule has 0 bridgehead atoms. The van der Waals surface area contributed by atoms with Crippen LogP contribution in [0.5, 0.6) is 0 Å². The minimum absolute atomic E-state index is 0.0457. The minimum Gasteiger partial charge on any atom is -0.340 e. The van der Waals surface area contributed by atoms with Crippen LogP contribution < -0.4 is 5.32 Å². The largest absolute Gasteiger partial charge is 0.340 e. The van der Waals surface area contributed by atoms with E-state index in [9.17, 15) is 13.2 Å². The third-order valence-electron chi connectivity index (χ3n) is 4.99. The molecule has 1 aromatic heterocycles. The number of hydrogen-bond acceptors (Lipinski definition) is 3. The first-order valence-electron chi connectivity index (χ1n) is 10.2. The topological polar surface area (TPSA) is 49.6 Å². The van der Waals surface area contributed by atoms with E-state index >= 15 is 0 Å². The van der Waals surface area contributed by atoms with Crippen LogP contribution in [0.15, 0.2) is 89.1 Å². The van der Waals surface area contributed by atoms with E-state index < -0.39 is 17.5 Å². The van der Waals surface area contributed by atoms with Crippen molar-refractivity contribution in [1.29, 1.82) is 0 Å². The molecule has 0 saturated carbocycles. The number of halogens is 4. The van der Waals surface area contributed by atoms with Crippen LogP contribution in [0.3, 0.4) is 0 Å². The van der Waals surface area contributed by atoms with E-state index in [-0.39, 0.29) is 10.6 Å². The smallest absolute Gasteiger partial charge is 0.141 e. The highest BCUT2D eigenvalue weighted by molar-refractivity contribution is 6.31. The van der Waals surface area contributed by atoms with Gasteiger partial charge in [-0.3, -0.25) is 15.0 Å². The minimum atomic E-state index is -0.561. The van der Waals surface area contributed by atoms with Crippen LogP contribution in [0.4, 0.5) is 24.5 Å². The number of aliphatic imine (C=N–C) groups is 2. The number of hydrogen-bond donors (Lipinski definition) is 1. The Kier molecular flexibility index (Phi) is 7.04. The Bertz CT molecular complexity index is 1370. The van der Waals surface area contributed by atoms with Crippen molar-refractivity contribution in [3.8, 4) is 11.1 Å². The van der Waals surface area contributed by atoms with E-state index in [1.165, 1.54) is 18.2 Å². The second-order valence-corrected chi connectivity index (χ2v) is 7.70. The Morgan fingerprint density at radius 3 is 2.53 bits per heavy atom. The number of benzene rings is 3. The van der Waals surface area contributed by atoms with Crippen molar-refractivity contribution in [3.05, 3.63) is 113 Å². The molecule has 34 heavy (non-hydrogen) atoms. The lowest BCUT2D eigenvalue weighted by molar-refractivity contribution is 0.603. The van der Waals surface area contributed by atoms with Gasteiger partial charge in [0.1, 0.15) is 23.3 Å². The number of pyridine rings is 1. The first kappa shape index (κ1) is 23.2. The predicted molar refractivity (Wildman–Crippen MR) is 131 cm³/mol. The van der Waals surface area contributed by atoms with Gasteiger partial charge in [-0.15, -0.1) is 0 Å². The highest BCUT2D eigenvalue weighted by Gasteiger charge is 2.14. The molecule has 4 aromatic rings. The maximum atomic E-state index is 14.3. The van der Waals surface area contributed by atoms with Gasteiger partial charge in [-0.2, -0.15) is 0 Å². The fraction of sp³-hybridized carbons (Fsp3) is 0.0385. The van der Waals surface area contributed by atoms with Gasteiger partial charge in [-0.25, -0.2) is 13.2 Å². The Morgan fingerprint density at radius 1 is 0.971 bits per heavy atom. The van der Waals surface area contributed by atoms with Crippen molar-refractivity contribution >= 4 is 35.5 Å². The lowest BCUT2D eigenvalue weighted by Crippen LogP contribution is -2.15. The van der Waals surface area contributed by atoms with Gasteiger partial charge in [0.05, 0.1) is 17.3 Å². The van der Waals surface area contributed by atoms with Crippen molar-refractivity contribution in [2.24, 2.45) is 9.98 Å². The van der Waals surface area contributed by atoms with Crippen molar-refractivity contribution in [2.75, 3.05) is 5.32 Å². The molecule has 170 valence electrons. The van der Waals surface area contributed by atoms with Gasteiger partial charge >= 0.3 is 0 Å². The summed E-state index contributed by atoms with van der Waals surface area (Å²) < 4.78 is 41.7. The molecule has 0 aliphatic rings. The summed E-state index contributed by atoms with van der Waals surface area (Å²) in [5.41, 5.74) is 2.85. The third kappa shape index (κ3) is 5.32. The number of aromatic nitrogens is 1. The van der Waals surface area contributed by atoms with Gasteiger partial charge in [0.2, 0.25) is 0 Å². The van der Waals surface area contributed by atoms with E-state index in [0.29, 0.717) is 34.9 Å². The fourth-order valence-electron chi connectivity index (χ4n) is 3.31. The van der Waals surface area contributed by atoms with Crippen molar-refractivity contribution in [2.45, 2.75) is 6.54 Å². The summed E-state index contributed by atoms with van der Waals surface area (Å²) in [5.74, 6) is -1.26. The highest BCUT2D eigenvalue weighted by Crippen LogP contribution is 2.31. The molecule has 0 aliphatic heterocycles. The lowest BCUT2D eigenvalue weighted by Gasteiger charge is -2.15. The molecule has 0 atom stereocenters. The first-order chi connectivity index (χ1) is 16.4. The van der Waals surface area contributed by atoms with E-state index in [1.807, 2.05) is 6.07 Å². The van der Waals surface area contributed by atoms with Crippen LogP contribution in [0.2, 0.25) is 5.02 Å². The zero-order valence-electron chi connectivity index (χ0n) is 17.8. The monoisotopic (exact) mass is 478 g/mol. The van der Waals surface area contributed by atoms with Gasteiger partial charge in [0, 0.05) is 29.2 Å².